The number of amides is 3. The van der Waals surface area contributed by atoms with E-state index in [0.29, 0.717) is 6.54 Å². The lowest BCUT2D eigenvalue weighted by molar-refractivity contribution is -0.140. The summed E-state index contributed by atoms with van der Waals surface area (Å²) >= 11 is 0. The van der Waals surface area contributed by atoms with Crippen molar-refractivity contribution in [2.45, 2.75) is 51.4 Å². The lowest BCUT2D eigenvalue weighted by Crippen LogP contribution is -2.36. The maximum atomic E-state index is 12.4. The van der Waals surface area contributed by atoms with Gasteiger partial charge in [0.25, 0.3) is 0 Å². The van der Waals surface area contributed by atoms with Gasteiger partial charge in [-0.05, 0) is 24.8 Å². The van der Waals surface area contributed by atoms with Gasteiger partial charge >= 0.3 is 0 Å². The van der Waals surface area contributed by atoms with Crippen LogP contribution >= 0.6 is 0 Å². The normalized spacial score (nSPS) is 23.7. The van der Waals surface area contributed by atoms with Crippen molar-refractivity contribution in [1.29, 1.82) is 0 Å². The molecular formula is C21H28N2O3. The number of hydrogen-bond donors (Lipinski definition) is 1. The van der Waals surface area contributed by atoms with Crippen molar-refractivity contribution in [1.82, 2.24) is 10.2 Å². The number of fused-ring (bicyclic) bond motifs is 1. The second-order valence-electron chi connectivity index (χ2n) is 7.40. The Hall–Kier alpha value is -2.17. The molecule has 1 saturated heterocycles. The van der Waals surface area contributed by atoms with Gasteiger partial charge in [0.05, 0.1) is 11.8 Å². The van der Waals surface area contributed by atoms with Crippen LogP contribution in [0.15, 0.2) is 30.3 Å². The fourth-order valence-corrected chi connectivity index (χ4v) is 4.21. The first kappa shape index (κ1) is 18.6. The van der Waals surface area contributed by atoms with Crippen molar-refractivity contribution in [3.63, 3.8) is 0 Å². The number of carbonyl (C=O) groups is 3. The zero-order chi connectivity index (χ0) is 18.5. The van der Waals surface area contributed by atoms with E-state index in [1.165, 1.54) is 10.5 Å². The van der Waals surface area contributed by atoms with Crippen molar-refractivity contribution < 1.29 is 14.4 Å². The van der Waals surface area contributed by atoms with Crippen molar-refractivity contribution in [2.75, 3.05) is 13.1 Å². The zero-order valence-corrected chi connectivity index (χ0v) is 15.4. The Morgan fingerprint density at radius 2 is 1.73 bits per heavy atom. The topological polar surface area (TPSA) is 66.5 Å². The van der Waals surface area contributed by atoms with E-state index in [2.05, 4.69) is 24.4 Å². The van der Waals surface area contributed by atoms with E-state index in [4.69, 9.17) is 0 Å². The van der Waals surface area contributed by atoms with Crippen LogP contribution in [0.1, 0.15) is 56.9 Å². The maximum Gasteiger partial charge on any atom is 0.233 e. The van der Waals surface area contributed by atoms with Gasteiger partial charge in [0.15, 0.2) is 0 Å². The van der Waals surface area contributed by atoms with E-state index in [-0.39, 0.29) is 48.4 Å². The number of hydrogen-bond acceptors (Lipinski definition) is 3. The van der Waals surface area contributed by atoms with Gasteiger partial charge in [0.1, 0.15) is 0 Å². The Morgan fingerprint density at radius 1 is 1.12 bits per heavy atom. The van der Waals surface area contributed by atoms with E-state index in [9.17, 15) is 14.4 Å². The first-order chi connectivity index (χ1) is 12.6. The van der Waals surface area contributed by atoms with Crippen LogP contribution in [0.2, 0.25) is 0 Å². The molecule has 2 fully saturated rings. The number of carbonyl (C=O) groups excluding carboxylic acids is 3. The highest BCUT2D eigenvalue weighted by Crippen LogP contribution is 2.37. The molecule has 1 N–H and O–H groups in total. The smallest absolute Gasteiger partial charge is 0.233 e. The summed E-state index contributed by atoms with van der Waals surface area (Å²) in [6.45, 7) is 2.89. The number of imide groups is 1. The predicted octanol–water partition coefficient (Wildman–Crippen LogP) is 2.86. The third-order valence-electron chi connectivity index (χ3n) is 5.80. The Morgan fingerprint density at radius 3 is 2.31 bits per heavy atom. The van der Waals surface area contributed by atoms with Crippen LogP contribution < -0.4 is 5.32 Å². The summed E-state index contributed by atoms with van der Waals surface area (Å²) in [5.74, 6) is -0.233. The van der Waals surface area contributed by atoms with E-state index >= 15 is 0 Å². The summed E-state index contributed by atoms with van der Waals surface area (Å²) in [4.78, 5) is 38.4. The molecule has 1 aliphatic heterocycles. The third-order valence-corrected chi connectivity index (χ3v) is 5.80. The highest BCUT2D eigenvalue weighted by molar-refractivity contribution is 6.05. The lowest BCUT2D eigenvalue weighted by Gasteiger charge is -2.19. The van der Waals surface area contributed by atoms with Crippen LogP contribution in [0.25, 0.3) is 0 Å². The van der Waals surface area contributed by atoms with Crippen LogP contribution in [0.3, 0.4) is 0 Å². The molecule has 140 valence electrons. The summed E-state index contributed by atoms with van der Waals surface area (Å²) in [7, 11) is 0. The number of likely N-dealkylation sites (tertiary alicyclic amines) is 1. The van der Waals surface area contributed by atoms with Crippen LogP contribution in [0, 0.1) is 11.8 Å². The van der Waals surface area contributed by atoms with Gasteiger partial charge in [-0.15, -0.1) is 0 Å². The SMILES string of the molecule is CCC(CNC(=O)CCN1C(=O)C2CCCCC2C1=O)c1ccccc1. The number of benzene rings is 1. The quantitative estimate of drug-likeness (QED) is 0.764. The average molecular weight is 356 g/mol. The maximum absolute atomic E-state index is 12.4. The fraction of sp³-hybridized carbons (Fsp3) is 0.571. The minimum absolute atomic E-state index is 0.0665. The second kappa shape index (κ2) is 8.47. The second-order valence-corrected chi connectivity index (χ2v) is 7.40. The molecule has 5 nitrogen and oxygen atoms in total. The van der Waals surface area contributed by atoms with Gasteiger partial charge in [-0.25, -0.2) is 0 Å². The van der Waals surface area contributed by atoms with Crippen LogP contribution in [0.5, 0.6) is 0 Å². The summed E-state index contributed by atoms with van der Waals surface area (Å²) in [5, 5.41) is 2.96. The molecule has 3 unspecified atom stereocenters. The number of nitrogens with one attached hydrogen (secondary N) is 1. The van der Waals surface area contributed by atoms with Crippen molar-refractivity contribution >= 4 is 17.7 Å². The highest BCUT2D eigenvalue weighted by atomic mass is 16.2. The molecule has 3 amide bonds. The number of nitrogens with zero attached hydrogens (tertiary/aromatic N) is 1. The summed E-state index contributed by atoms with van der Waals surface area (Å²) in [6, 6.07) is 10.1. The molecule has 0 aromatic heterocycles. The molecular weight excluding hydrogens is 328 g/mol. The minimum Gasteiger partial charge on any atom is -0.355 e. The molecule has 1 aromatic rings. The lowest BCUT2D eigenvalue weighted by atomic mass is 9.81. The van der Waals surface area contributed by atoms with Crippen LogP contribution in [0.4, 0.5) is 0 Å². The van der Waals surface area contributed by atoms with Crippen LogP contribution in [-0.4, -0.2) is 35.7 Å². The van der Waals surface area contributed by atoms with E-state index in [1.54, 1.807) is 0 Å². The van der Waals surface area contributed by atoms with Gasteiger partial charge in [-0.3, -0.25) is 19.3 Å². The van der Waals surface area contributed by atoms with Crippen molar-refractivity contribution in [3.8, 4) is 0 Å². The fourth-order valence-electron chi connectivity index (χ4n) is 4.21. The molecule has 0 radical (unpaired) electrons. The molecule has 3 atom stereocenters. The molecule has 1 heterocycles. The van der Waals surface area contributed by atoms with Crippen molar-refractivity contribution in [3.05, 3.63) is 35.9 Å². The average Bonchev–Trinajstić information content (AvgIpc) is 2.92. The molecule has 1 aromatic carbocycles. The molecule has 0 bridgehead atoms. The predicted molar refractivity (Wildman–Crippen MR) is 99.3 cm³/mol. The monoisotopic (exact) mass is 356 g/mol. The Kier molecular flexibility index (Phi) is 6.07. The van der Waals surface area contributed by atoms with E-state index in [0.717, 1.165) is 32.1 Å². The molecule has 26 heavy (non-hydrogen) atoms. The highest BCUT2D eigenvalue weighted by Gasteiger charge is 2.47. The van der Waals surface area contributed by atoms with Gasteiger partial charge in [-0.2, -0.15) is 0 Å². The van der Waals surface area contributed by atoms with E-state index < -0.39 is 0 Å². The van der Waals surface area contributed by atoms with Gasteiger partial charge < -0.3 is 5.32 Å². The first-order valence-corrected chi connectivity index (χ1v) is 9.78. The van der Waals surface area contributed by atoms with Gasteiger partial charge in [0.2, 0.25) is 17.7 Å². The van der Waals surface area contributed by atoms with Crippen molar-refractivity contribution in [2.24, 2.45) is 11.8 Å². The van der Waals surface area contributed by atoms with Gasteiger partial charge in [-0.1, -0.05) is 50.1 Å². The molecule has 1 saturated carbocycles. The van der Waals surface area contributed by atoms with Gasteiger partial charge in [0, 0.05) is 25.4 Å². The Bertz CT molecular complexity index is 634. The molecule has 5 heteroatoms. The molecule has 3 rings (SSSR count). The van der Waals surface area contributed by atoms with E-state index in [1.807, 2.05) is 18.2 Å². The molecule has 1 aliphatic carbocycles. The van der Waals surface area contributed by atoms with Crippen LogP contribution in [-0.2, 0) is 14.4 Å². The summed E-state index contributed by atoms with van der Waals surface area (Å²) in [5.41, 5.74) is 1.21. The number of rotatable bonds is 7. The summed E-state index contributed by atoms with van der Waals surface area (Å²) < 4.78 is 0. The standard InChI is InChI=1S/C21H28N2O3/c1-2-15(16-8-4-3-5-9-16)14-22-19(24)12-13-23-20(25)17-10-6-7-11-18(17)21(23)26/h3-5,8-9,15,17-18H,2,6-7,10-14H2,1H3,(H,22,24). The summed E-state index contributed by atoms with van der Waals surface area (Å²) in [6.07, 6.45) is 4.79. The Balaban J connectivity index is 1.48. The molecule has 0 spiro atoms. The largest absolute Gasteiger partial charge is 0.355 e. The Labute approximate surface area is 155 Å². The third kappa shape index (κ3) is 3.97. The zero-order valence-electron chi connectivity index (χ0n) is 15.4. The molecule has 2 aliphatic rings. The first-order valence-electron chi connectivity index (χ1n) is 9.78. The minimum atomic E-state index is -0.137.